The van der Waals surface area contributed by atoms with Gasteiger partial charge in [-0.25, -0.2) is 9.59 Å². The van der Waals surface area contributed by atoms with Gasteiger partial charge in [0.2, 0.25) is 5.60 Å². The number of halogens is 3. The van der Waals surface area contributed by atoms with E-state index in [2.05, 4.69) is 21.9 Å². The number of aliphatic hydroxyl groups is 1. The van der Waals surface area contributed by atoms with Crippen molar-refractivity contribution >= 4 is 28.4 Å². The molecule has 0 fully saturated rings. The number of aromatic nitrogens is 2. The van der Waals surface area contributed by atoms with Crippen LogP contribution in [0.2, 0.25) is 0 Å². The fourth-order valence-electron chi connectivity index (χ4n) is 2.86. The SMILES string of the molecule is C=C(C)c1cnc(C(O)(CCS(=O)CCC(NC(=O)OC(C)(C)C)C(=O)OC(C)(C)C)C(F)(F)F)cn1. The highest BCUT2D eigenvalue weighted by molar-refractivity contribution is 7.84. The fourth-order valence-corrected chi connectivity index (χ4v) is 4.09. The van der Waals surface area contributed by atoms with Crippen LogP contribution in [-0.4, -0.2) is 66.3 Å². The highest BCUT2D eigenvalue weighted by Gasteiger charge is 2.56. The Hall–Kier alpha value is -2.54. The number of carbonyl (C=O) groups excluding carboxylic acids is 2. The summed E-state index contributed by atoms with van der Waals surface area (Å²) < 4.78 is 64.4. The van der Waals surface area contributed by atoms with Gasteiger partial charge in [0, 0.05) is 28.7 Å². The number of carbonyl (C=O) groups is 2. The van der Waals surface area contributed by atoms with Crippen molar-refractivity contribution in [2.24, 2.45) is 0 Å². The van der Waals surface area contributed by atoms with Crippen molar-refractivity contribution in [3.05, 3.63) is 30.4 Å². The molecule has 13 heteroatoms. The summed E-state index contributed by atoms with van der Waals surface area (Å²) in [5.74, 6) is -1.63. The van der Waals surface area contributed by atoms with Crippen LogP contribution in [0.25, 0.3) is 5.57 Å². The zero-order valence-corrected chi connectivity index (χ0v) is 23.0. The molecule has 0 spiro atoms. The van der Waals surface area contributed by atoms with Gasteiger partial charge in [-0.1, -0.05) is 6.58 Å². The first-order valence-corrected chi connectivity index (χ1v) is 13.0. The monoisotopic (exact) mass is 551 g/mol. The highest BCUT2D eigenvalue weighted by atomic mass is 32.2. The van der Waals surface area contributed by atoms with Crippen molar-refractivity contribution < 1.29 is 41.5 Å². The number of ether oxygens (including phenoxy) is 2. The Bertz CT molecular complexity index is 987. The number of esters is 1. The molecule has 0 saturated heterocycles. The number of hydrogen-bond acceptors (Lipinski definition) is 8. The van der Waals surface area contributed by atoms with Gasteiger partial charge in [0.05, 0.1) is 23.8 Å². The topological polar surface area (TPSA) is 128 Å². The smallest absolute Gasteiger partial charge is 0.423 e. The lowest BCUT2D eigenvalue weighted by Crippen LogP contribution is -2.47. The van der Waals surface area contributed by atoms with Gasteiger partial charge in [-0.3, -0.25) is 14.2 Å². The van der Waals surface area contributed by atoms with Gasteiger partial charge in [0.15, 0.2) is 0 Å². The molecule has 0 aliphatic carbocycles. The molecule has 3 atom stereocenters. The van der Waals surface area contributed by atoms with Crippen molar-refractivity contribution in [3.8, 4) is 0 Å². The molecule has 210 valence electrons. The van der Waals surface area contributed by atoms with Crippen LogP contribution in [0.4, 0.5) is 18.0 Å². The van der Waals surface area contributed by atoms with E-state index >= 15 is 0 Å². The lowest BCUT2D eigenvalue weighted by atomic mass is 9.96. The van der Waals surface area contributed by atoms with Crippen molar-refractivity contribution in [1.29, 1.82) is 0 Å². The Balaban J connectivity index is 2.95. The molecule has 1 aromatic heterocycles. The van der Waals surface area contributed by atoms with Crippen LogP contribution >= 0.6 is 0 Å². The number of nitrogens with one attached hydrogen (secondary N) is 1. The van der Waals surface area contributed by atoms with Crippen LogP contribution in [0.3, 0.4) is 0 Å². The van der Waals surface area contributed by atoms with Gasteiger partial charge in [-0.05, 0) is 60.5 Å². The average molecular weight is 552 g/mol. The molecule has 1 aromatic rings. The molecule has 2 N–H and O–H groups in total. The zero-order chi connectivity index (χ0) is 28.8. The first kappa shape index (κ1) is 32.5. The summed E-state index contributed by atoms with van der Waals surface area (Å²) in [7, 11) is -1.90. The Morgan fingerprint density at radius 1 is 1.05 bits per heavy atom. The zero-order valence-electron chi connectivity index (χ0n) is 22.2. The number of amides is 1. The van der Waals surface area contributed by atoms with E-state index in [-0.39, 0.29) is 17.9 Å². The lowest BCUT2D eigenvalue weighted by molar-refractivity contribution is -0.269. The van der Waals surface area contributed by atoms with Crippen molar-refractivity contribution in [2.45, 2.75) is 90.3 Å². The van der Waals surface area contributed by atoms with E-state index in [9.17, 15) is 32.1 Å². The Kier molecular flexibility index (Phi) is 10.8. The number of alkyl carbamates (subject to hydrolysis) is 1. The molecule has 1 amide bonds. The van der Waals surface area contributed by atoms with E-state index in [1.165, 1.54) is 0 Å². The summed E-state index contributed by atoms with van der Waals surface area (Å²) in [6.07, 6.45) is -5.30. The van der Waals surface area contributed by atoms with Crippen LogP contribution in [0, 0.1) is 0 Å². The Morgan fingerprint density at radius 2 is 1.62 bits per heavy atom. The fraction of sp³-hybridized carbons (Fsp3) is 0.667. The number of hydrogen-bond donors (Lipinski definition) is 2. The third kappa shape index (κ3) is 10.8. The van der Waals surface area contributed by atoms with E-state index in [4.69, 9.17) is 9.47 Å². The largest absolute Gasteiger partial charge is 0.458 e. The van der Waals surface area contributed by atoms with E-state index in [1.54, 1.807) is 48.5 Å². The number of nitrogens with zero attached hydrogens (tertiary/aromatic N) is 2. The molecule has 9 nitrogen and oxygen atoms in total. The maximum atomic E-state index is 13.8. The standard InChI is InChI=1S/C24H36F3N3O6S/c1-15(2)17-13-29-18(14-28-17)23(33,24(25,26)27)10-12-37(34)11-9-16(19(31)35-21(3,4)5)30-20(32)36-22(6,7)8/h13-14,16,33H,1,9-12H2,2-8H3,(H,30,32). The predicted octanol–water partition coefficient (Wildman–Crippen LogP) is 4.02. The van der Waals surface area contributed by atoms with Gasteiger partial charge in [-0.15, -0.1) is 0 Å². The van der Waals surface area contributed by atoms with Gasteiger partial charge < -0.3 is 19.9 Å². The van der Waals surface area contributed by atoms with Gasteiger partial charge in [0.25, 0.3) is 0 Å². The molecule has 37 heavy (non-hydrogen) atoms. The Labute approximate surface area is 217 Å². The van der Waals surface area contributed by atoms with Crippen LogP contribution in [0.15, 0.2) is 19.0 Å². The number of rotatable bonds is 10. The number of allylic oxidation sites excluding steroid dienone is 1. The molecule has 0 aliphatic rings. The molecule has 0 bridgehead atoms. The van der Waals surface area contributed by atoms with E-state index in [0.717, 1.165) is 12.4 Å². The first-order chi connectivity index (χ1) is 16.6. The van der Waals surface area contributed by atoms with Crippen LogP contribution < -0.4 is 5.32 Å². The molecule has 1 rings (SSSR count). The summed E-state index contributed by atoms with van der Waals surface area (Å²) in [6.45, 7) is 15.0. The minimum absolute atomic E-state index is 0.196. The van der Waals surface area contributed by atoms with Gasteiger partial charge in [0.1, 0.15) is 17.2 Å². The quantitative estimate of drug-likeness (QED) is 0.418. The summed E-state index contributed by atoms with van der Waals surface area (Å²) >= 11 is 0. The maximum Gasteiger partial charge on any atom is 0.423 e. The minimum atomic E-state index is -5.12. The second-order valence-corrected chi connectivity index (χ2v) is 12.2. The maximum absolute atomic E-state index is 13.8. The summed E-state index contributed by atoms with van der Waals surface area (Å²) in [4.78, 5) is 32.3. The van der Waals surface area contributed by atoms with E-state index < -0.39 is 69.8 Å². The molecule has 0 radical (unpaired) electrons. The number of alkyl halides is 3. The van der Waals surface area contributed by atoms with Gasteiger partial charge in [-0.2, -0.15) is 13.2 Å². The third-order valence-electron chi connectivity index (χ3n) is 4.69. The second kappa shape index (κ2) is 12.3. The van der Waals surface area contributed by atoms with Crippen LogP contribution in [0.1, 0.15) is 72.7 Å². The van der Waals surface area contributed by atoms with Crippen molar-refractivity contribution in [3.63, 3.8) is 0 Å². The molecule has 0 aromatic carbocycles. The Morgan fingerprint density at radius 3 is 2.05 bits per heavy atom. The van der Waals surface area contributed by atoms with Gasteiger partial charge >= 0.3 is 18.2 Å². The normalized spacial score (nSPS) is 15.8. The van der Waals surface area contributed by atoms with Crippen LogP contribution in [0.5, 0.6) is 0 Å². The second-order valence-electron chi connectivity index (χ2n) is 10.5. The molecule has 1 heterocycles. The molecule has 3 unspecified atom stereocenters. The summed E-state index contributed by atoms with van der Waals surface area (Å²) in [5, 5.41) is 12.8. The van der Waals surface area contributed by atoms with Crippen molar-refractivity contribution in [2.75, 3.05) is 11.5 Å². The molecular formula is C24H36F3N3O6S. The van der Waals surface area contributed by atoms with Crippen molar-refractivity contribution in [1.82, 2.24) is 15.3 Å². The first-order valence-electron chi connectivity index (χ1n) is 11.5. The third-order valence-corrected chi connectivity index (χ3v) is 6.04. The average Bonchev–Trinajstić information content (AvgIpc) is 2.71. The summed E-state index contributed by atoms with van der Waals surface area (Å²) in [6, 6.07) is -1.25. The lowest BCUT2D eigenvalue weighted by Gasteiger charge is -2.29. The summed E-state index contributed by atoms with van der Waals surface area (Å²) in [5.41, 5.74) is -5.10. The highest BCUT2D eigenvalue weighted by Crippen LogP contribution is 2.40. The van der Waals surface area contributed by atoms with Crippen LogP contribution in [-0.2, 0) is 30.7 Å². The minimum Gasteiger partial charge on any atom is -0.458 e. The predicted molar refractivity (Wildman–Crippen MR) is 133 cm³/mol. The van der Waals surface area contributed by atoms with E-state index in [0.29, 0.717) is 5.57 Å². The molecule has 0 aliphatic heterocycles. The van der Waals surface area contributed by atoms with E-state index in [1.807, 2.05) is 0 Å². The molecule has 0 saturated carbocycles. The molecular weight excluding hydrogens is 515 g/mol.